The van der Waals surface area contributed by atoms with E-state index in [0.717, 1.165) is 11.8 Å². The molecule has 1 aromatic rings. The summed E-state index contributed by atoms with van der Waals surface area (Å²) in [4.78, 5) is 2.65. The van der Waals surface area contributed by atoms with Gasteiger partial charge >= 0.3 is 0 Å². The fourth-order valence-electron chi connectivity index (χ4n) is 3.25. The topological polar surface area (TPSA) is 12.5 Å². The molecule has 2 rings (SSSR count). The molecular weight excluding hydrogens is 246 g/mol. The molecule has 0 atom stereocenters. The molecule has 0 aromatic heterocycles. The molecule has 1 aliphatic rings. The van der Waals surface area contributed by atoms with Crippen LogP contribution in [0.25, 0.3) is 0 Å². The summed E-state index contributed by atoms with van der Waals surface area (Å²) in [5.74, 6) is 0.990. The summed E-state index contributed by atoms with van der Waals surface area (Å²) in [5, 5.41) is 0. The minimum absolute atomic E-state index is 0.726. The molecule has 0 saturated heterocycles. The van der Waals surface area contributed by atoms with Gasteiger partial charge < -0.3 is 9.64 Å². The number of unbranched alkanes of at least 4 members (excludes halogenated alkanes) is 2. The smallest absolute Gasteiger partial charge is 0.119 e. The van der Waals surface area contributed by atoms with E-state index < -0.39 is 0 Å². The lowest BCUT2D eigenvalue weighted by Gasteiger charge is -2.30. The molecule has 1 aromatic carbocycles. The number of ether oxygens (including phenoxy) is 1. The van der Waals surface area contributed by atoms with Gasteiger partial charge in [0.05, 0.1) is 7.11 Å². The molecule has 2 heteroatoms. The highest BCUT2D eigenvalue weighted by Crippen LogP contribution is 2.34. The van der Waals surface area contributed by atoms with Gasteiger partial charge in [-0.1, -0.05) is 39.5 Å². The predicted octanol–water partition coefficient (Wildman–Crippen LogP) is 4.81. The first-order valence-corrected chi connectivity index (χ1v) is 8.23. The summed E-state index contributed by atoms with van der Waals surface area (Å²) >= 11 is 0. The van der Waals surface area contributed by atoms with Crippen LogP contribution in [0.15, 0.2) is 18.2 Å². The lowest BCUT2D eigenvalue weighted by molar-refractivity contribution is 0.414. The van der Waals surface area contributed by atoms with Crippen molar-refractivity contribution >= 4 is 5.69 Å². The quantitative estimate of drug-likeness (QED) is 0.675. The van der Waals surface area contributed by atoms with Crippen molar-refractivity contribution in [2.75, 3.05) is 18.6 Å². The SMILES string of the molecule is CCCCC(CCCC)N1CCc2cc(OC)ccc21. The molecule has 1 heterocycles. The van der Waals surface area contributed by atoms with E-state index in [0.29, 0.717) is 0 Å². The molecule has 0 bridgehead atoms. The Morgan fingerprint density at radius 1 is 1.15 bits per heavy atom. The average Bonchev–Trinajstić information content (AvgIpc) is 2.90. The number of fused-ring (bicyclic) bond motifs is 1. The van der Waals surface area contributed by atoms with E-state index in [4.69, 9.17) is 4.74 Å². The van der Waals surface area contributed by atoms with E-state index >= 15 is 0 Å². The number of anilines is 1. The Labute approximate surface area is 124 Å². The molecule has 0 spiro atoms. The Kier molecular flexibility index (Phi) is 5.75. The third-order valence-corrected chi connectivity index (χ3v) is 4.44. The van der Waals surface area contributed by atoms with Crippen LogP contribution in [0.5, 0.6) is 5.75 Å². The highest BCUT2D eigenvalue weighted by molar-refractivity contribution is 5.60. The van der Waals surface area contributed by atoms with Crippen LogP contribution in [0.1, 0.15) is 57.9 Å². The van der Waals surface area contributed by atoms with Gasteiger partial charge in [-0.25, -0.2) is 0 Å². The minimum atomic E-state index is 0.726. The van der Waals surface area contributed by atoms with Crippen LogP contribution in [-0.4, -0.2) is 19.7 Å². The number of rotatable bonds is 8. The number of hydrogen-bond acceptors (Lipinski definition) is 2. The highest BCUT2D eigenvalue weighted by atomic mass is 16.5. The van der Waals surface area contributed by atoms with Gasteiger partial charge in [0, 0.05) is 18.3 Å². The second kappa shape index (κ2) is 7.56. The first-order chi connectivity index (χ1) is 9.80. The van der Waals surface area contributed by atoms with Gasteiger partial charge in [0.1, 0.15) is 5.75 Å². The van der Waals surface area contributed by atoms with Crippen molar-refractivity contribution in [2.45, 2.75) is 64.8 Å². The van der Waals surface area contributed by atoms with E-state index in [1.165, 1.54) is 62.7 Å². The van der Waals surface area contributed by atoms with Crippen molar-refractivity contribution in [3.05, 3.63) is 23.8 Å². The molecule has 0 aliphatic carbocycles. The Bertz CT molecular complexity index is 408. The van der Waals surface area contributed by atoms with Crippen molar-refractivity contribution in [1.29, 1.82) is 0 Å². The summed E-state index contributed by atoms with van der Waals surface area (Å²) in [7, 11) is 1.75. The Morgan fingerprint density at radius 3 is 2.45 bits per heavy atom. The van der Waals surface area contributed by atoms with Gasteiger partial charge in [-0.2, -0.15) is 0 Å². The Hall–Kier alpha value is -1.18. The molecule has 0 unspecified atom stereocenters. The van der Waals surface area contributed by atoms with Crippen LogP contribution in [0.4, 0.5) is 5.69 Å². The summed E-state index contributed by atoms with van der Waals surface area (Å²) in [5.41, 5.74) is 2.91. The molecule has 112 valence electrons. The van der Waals surface area contributed by atoms with E-state index in [1.807, 2.05) is 0 Å². The van der Waals surface area contributed by atoms with E-state index in [1.54, 1.807) is 7.11 Å². The van der Waals surface area contributed by atoms with Gasteiger partial charge in [0.25, 0.3) is 0 Å². The standard InChI is InChI=1S/C18H29NO/c1-4-6-8-16(9-7-5-2)19-13-12-15-14-17(20-3)10-11-18(15)19/h10-11,14,16H,4-9,12-13H2,1-3H3. The summed E-state index contributed by atoms with van der Waals surface area (Å²) < 4.78 is 5.35. The van der Waals surface area contributed by atoms with Crippen LogP contribution in [0.2, 0.25) is 0 Å². The summed E-state index contributed by atoms with van der Waals surface area (Å²) in [6, 6.07) is 7.30. The molecule has 0 fully saturated rings. The molecule has 0 radical (unpaired) electrons. The van der Waals surface area contributed by atoms with Crippen LogP contribution >= 0.6 is 0 Å². The highest BCUT2D eigenvalue weighted by Gasteiger charge is 2.25. The van der Waals surface area contributed by atoms with Gasteiger partial charge in [-0.3, -0.25) is 0 Å². The fourth-order valence-corrected chi connectivity index (χ4v) is 3.25. The average molecular weight is 275 g/mol. The third kappa shape index (κ3) is 3.47. The van der Waals surface area contributed by atoms with Gasteiger partial charge in [0.15, 0.2) is 0 Å². The third-order valence-electron chi connectivity index (χ3n) is 4.44. The molecule has 0 saturated carbocycles. The number of benzene rings is 1. The second-order valence-electron chi connectivity index (χ2n) is 5.88. The first-order valence-electron chi connectivity index (χ1n) is 8.23. The van der Waals surface area contributed by atoms with Crippen LogP contribution in [0, 0.1) is 0 Å². The Balaban J connectivity index is 2.11. The van der Waals surface area contributed by atoms with Crippen molar-refractivity contribution in [1.82, 2.24) is 0 Å². The molecular formula is C18H29NO. The van der Waals surface area contributed by atoms with Crippen molar-refractivity contribution in [3.8, 4) is 5.75 Å². The second-order valence-corrected chi connectivity index (χ2v) is 5.88. The van der Waals surface area contributed by atoms with Crippen LogP contribution in [0.3, 0.4) is 0 Å². The molecule has 20 heavy (non-hydrogen) atoms. The maximum Gasteiger partial charge on any atom is 0.119 e. The van der Waals surface area contributed by atoms with Gasteiger partial charge in [-0.15, -0.1) is 0 Å². The fraction of sp³-hybridized carbons (Fsp3) is 0.667. The van der Waals surface area contributed by atoms with Crippen molar-refractivity contribution in [2.24, 2.45) is 0 Å². The lowest BCUT2D eigenvalue weighted by atomic mass is 10.0. The van der Waals surface area contributed by atoms with Crippen molar-refractivity contribution in [3.63, 3.8) is 0 Å². The molecule has 1 aliphatic heterocycles. The molecule has 0 N–H and O–H groups in total. The summed E-state index contributed by atoms with van der Waals surface area (Å²) in [6.45, 7) is 5.76. The van der Waals surface area contributed by atoms with E-state index in [2.05, 4.69) is 36.9 Å². The number of nitrogens with zero attached hydrogens (tertiary/aromatic N) is 1. The lowest BCUT2D eigenvalue weighted by Crippen LogP contribution is -2.33. The number of hydrogen-bond donors (Lipinski definition) is 0. The minimum Gasteiger partial charge on any atom is -0.497 e. The van der Waals surface area contributed by atoms with E-state index in [9.17, 15) is 0 Å². The largest absolute Gasteiger partial charge is 0.497 e. The van der Waals surface area contributed by atoms with E-state index in [-0.39, 0.29) is 0 Å². The van der Waals surface area contributed by atoms with Crippen LogP contribution in [-0.2, 0) is 6.42 Å². The first kappa shape index (κ1) is 15.2. The number of methoxy groups -OCH3 is 1. The van der Waals surface area contributed by atoms with Crippen molar-refractivity contribution < 1.29 is 4.74 Å². The maximum absolute atomic E-state index is 5.35. The predicted molar refractivity (Wildman–Crippen MR) is 86.9 cm³/mol. The van der Waals surface area contributed by atoms with Gasteiger partial charge in [0.2, 0.25) is 0 Å². The maximum atomic E-state index is 5.35. The zero-order valence-corrected chi connectivity index (χ0v) is 13.3. The normalized spacial score (nSPS) is 13.9. The zero-order chi connectivity index (χ0) is 14.4. The molecule has 0 amide bonds. The Morgan fingerprint density at radius 2 is 1.85 bits per heavy atom. The summed E-state index contributed by atoms with van der Waals surface area (Å²) in [6.07, 6.45) is 9.12. The van der Waals surface area contributed by atoms with Gasteiger partial charge in [-0.05, 0) is 43.0 Å². The zero-order valence-electron chi connectivity index (χ0n) is 13.3. The molecule has 2 nitrogen and oxygen atoms in total. The van der Waals surface area contributed by atoms with Crippen LogP contribution < -0.4 is 9.64 Å². The monoisotopic (exact) mass is 275 g/mol.